The zero-order valence-electron chi connectivity index (χ0n) is 11.1. The molecular formula is C17H15FO2. The Morgan fingerprint density at radius 3 is 2.60 bits per heavy atom. The molecule has 0 saturated heterocycles. The van der Waals surface area contributed by atoms with E-state index < -0.39 is 6.10 Å². The van der Waals surface area contributed by atoms with Crippen LogP contribution < -0.4 is 0 Å². The summed E-state index contributed by atoms with van der Waals surface area (Å²) in [6, 6.07) is 13.9. The van der Waals surface area contributed by atoms with Gasteiger partial charge in [0.25, 0.3) is 0 Å². The Morgan fingerprint density at radius 1 is 1.10 bits per heavy atom. The summed E-state index contributed by atoms with van der Waals surface area (Å²) in [6.07, 6.45) is -0.327. The Bertz CT molecular complexity index is 728. The molecule has 1 N–H and O–H groups in total. The first-order valence-electron chi connectivity index (χ1n) is 6.54. The summed E-state index contributed by atoms with van der Waals surface area (Å²) in [5.41, 5.74) is 2.79. The van der Waals surface area contributed by atoms with Gasteiger partial charge in [-0.1, -0.05) is 23.8 Å². The van der Waals surface area contributed by atoms with Gasteiger partial charge in [-0.15, -0.1) is 0 Å². The first-order chi connectivity index (χ1) is 9.61. The molecule has 1 atom stereocenters. The zero-order valence-corrected chi connectivity index (χ0v) is 11.1. The van der Waals surface area contributed by atoms with Gasteiger partial charge in [0.05, 0.1) is 0 Å². The molecule has 3 aromatic rings. The van der Waals surface area contributed by atoms with Crippen LogP contribution in [0.3, 0.4) is 0 Å². The lowest BCUT2D eigenvalue weighted by Gasteiger charge is -2.07. The van der Waals surface area contributed by atoms with Crippen molar-refractivity contribution in [2.24, 2.45) is 0 Å². The Hall–Kier alpha value is -2.13. The molecule has 0 aliphatic heterocycles. The standard InChI is InChI=1S/C17H15FO2/c1-11-2-7-16-13(8-11)10-17(20-16)15(19)9-12-3-5-14(18)6-4-12/h2-8,10,15,19H,9H2,1H3. The molecule has 0 spiro atoms. The molecule has 1 aromatic heterocycles. The number of furan rings is 1. The quantitative estimate of drug-likeness (QED) is 0.775. The number of fused-ring (bicyclic) bond motifs is 1. The van der Waals surface area contributed by atoms with Crippen molar-refractivity contribution < 1.29 is 13.9 Å². The van der Waals surface area contributed by atoms with E-state index in [2.05, 4.69) is 0 Å². The fourth-order valence-electron chi connectivity index (χ4n) is 2.29. The predicted octanol–water partition coefficient (Wildman–Crippen LogP) is 4.16. The fourth-order valence-corrected chi connectivity index (χ4v) is 2.29. The molecule has 2 nitrogen and oxygen atoms in total. The maximum absolute atomic E-state index is 12.8. The number of benzene rings is 2. The number of aliphatic hydroxyl groups is 1. The summed E-state index contributed by atoms with van der Waals surface area (Å²) >= 11 is 0. The molecule has 20 heavy (non-hydrogen) atoms. The van der Waals surface area contributed by atoms with Crippen LogP contribution >= 0.6 is 0 Å². The minimum atomic E-state index is -0.729. The van der Waals surface area contributed by atoms with E-state index >= 15 is 0 Å². The van der Waals surface area contributed by atoms with Crippen molar-refractivity contribution in [1.82, 2.24) is 0 Å². The number of aliphatic hydroxyl groups excluding tert-OH is 1. The molecule has 1 unspecified atom stereocenters. The SMILES string of the molecule is Cc1ccc2oc(C(O)Cc3ccc(F)cc3)cc2c1. The van der Waals surface area contributed by atoms with Crippen molar-refractivity contribution >= 4 is 11.0 Å². The Labute approximate surface area is 116 Å². The zero-order chi connectivity index (χ0) is 14.1. The van der Waals surface area contributed by atoms with Gasteiger partial charge in [-0.3, -0.25) is 0 Å². The van der Waals surface area contributed by atoms with Gasteiger partial charge in [0.1, 0.15) is 23.3 Å². The van der Waals surface area contributed by atoms with E-state index in [0.29, 0.717) is 12.2 Å². The van der Waals surface area contributed by atoms with E-state index in [1.165, 1.54) is 12.1 Å². The van der Waals surface area contributed by atoms with E-state index in [9.17, 15) is 9.50 Å². The summed E-state index contributed by atoms with van der Waals surface area (Å²) in [7, 11) is 0. The molecule has 0 amide bonds. The van der Waals surface area contributed by atoms with Crippen molar-refractivity contribution in [2.45, 2.75) is 19.4 Å². The van der Waals surface area contributed by atoms with Gasteiger partial charge >= 0.3 is 0 Å². The first-order valence-corrected chi connectivity index (χ1v) is 6.54. The molecule has 0 fully saturated rings. The van der Waals surface area contributed by atoms with E-state index in [1.54, 1.807) is 12.1 Å². The van der Waals surface area contributed by atoms with Crippen molar-refractivity contribution in [3.05, 3.63) is 71.2 Å². The van der Waals surface area contributed by atoms with Crippen LogP contribution in [0.1, 0.15) is 23.0 Å². The number of halogens is 1. The highest BCUT2D eigenvalue weighted by atomic mass is 19.1. The molecule has 2 aromatic carbocycles. The Kier molecular flexibility index (Phi) is 3.28. The van der Waals surface area contributed by atoms with Crippen LogP contribution in [0.5, 0.6) is 0 Å². The van der Waals surface area contributed by atoms with E-state index in [1.807, 2.05) is 31.2 Å². The monoisotopic (exact) mass is 270 g/mol. The van der Waals surface area contributed by atoms with Crippen molar-refractivity contribution in [3.8, 4) is 0 Å². The van der Waals surface area contributed by atoms with Crippen LogP contribution in [-0.4, -0.2) is 5.11 Å². The summed E-state index contributed by atoms with van der Waals surface area (Å²) in [5.74, 6) is 0.261. The predicted molar refractivity (Wildman–Crippen MR) is 76.0 cm³/mol. The van der Waals surface area contributed by atoms with E-state index in [4.69, 9.17) is 4.42 Å². The van der Waals surface area contributed by atoms with Crippen LogP contribution in [-0.2, 0) is 6.42 Å². The van der Waals surface area contributed by atoms with Crippen molar-refractivity contribution in [1.29, 1.82) is 0 Å². The lowest BCUT2D eigenvalue weighted by atomic mass is 10.1. The first kappa shape index (κ1) is 12.9. The van der Waals surface area contributed by atoms with Gasteiger partial charge in [0, 0.05) is 11.8 Å². The maximum Gasteiger partial charge on any atom is 0.134 e. The highest BCUT2D eigenvalue weighted by Gasteiger charge is 2.14. The van der Waals surface area contributed by atoms with E-state index in [-0.39, 0.29) is 5.82 Å². The van der Waals surface area contributed by atoms with E-state index in [0.717, 1.165) is 22.1 Å². The molecule has 3 heteroatoms. The van der Waals surface area contributed by atoms with Crippen LogP contribution in [0, 0.1) is 12.7 Å². The summed E-state index contributed by atoms with van der Waals surface area (Å²) < 4.78 is 18.5. The van der Waals surface area contributed by atoms with Gasteiger partial charge in [0.2, 0.25) is 0 Å². The molecule has 3 rings (SSSR count). The minimum absolute atomic E-state index is 0.276. The number of rotatable bonds is 3. The number of hydrogen-bond donors (Lipinski definition) is 1. The van der Waals surface area contributed by atoms with Crippen LogP contribution in [0.4, 0.5) is 4.39 Å². The summed E-state index contributed by atoms with van der Waals surface area (Å²) in [6.45, 7) is 2.01. The van der Waals surface area contributed by atoms with Crippen LogP contribution in [0.2, 0.25) is 0 Å². The Morgan fingerprint density at radius 2 is 1.85 bits per heavy atom. The van der Waals surface area contributed by atoms with Gasteiger partial charge < -0.3 is 9.52 Å². The van der Waals surface area contributed by atoms with Gasteiger partial charge in [-0.05, 0) is 42.8 Å². The topological polar surface area (TPSA) is 33.4 Å². The molecule has 0 bridgehead atoms. The second-order valence-corrected chi connectivity index (χ2v) is 5.04. The minimum Gasteiger partial charge on any atom is -0.458 e. The highest BCUT2D eigenvalue weighted by molar-refractivity contribution is 5.78. The van der Waals surface area contributed by atoms with Crippen molar-refractivity contribution in [2.75, 3.05) is 0 Å². The third kappa shape index (κ3) is 2.58. The summed E-state index contributed by atoms with van der Waals surface area (Å²) in [5, 5.41) is 11.2. The fraction of sp³-hybridized carbons (Fsp3) is 0.176. The number of hydrogen-bond acceptors (Lipinski definition) is 2. The van der Waals surface area contributed by atoms with Crippen molar-refractivity contribution in [3.63, 3.8) is 0 Å². The maximum atomic E-state index is 12.8. The molecule has 0 aliphatic rings. The smallest absolute Gasteiger partial charge is 0.134 e. The molecule has 0 saturated carbocycles. The normalized spacial score (nSPS) is 12.8. The highest BCUT2D eigenvalue weighted by Crippen LogP contribution is 2.26. The average Bonchev–Trinajstić information content (AvgIpc) is 2.84. The Balaban J connectivity index is 1.84. The molecule has 0 aliphatic carbocycles. The largest absolute Gasteiger partial charge is 0.458 e. The molecule has 102 valence electrons. The average molecular weight is 270 g/mol. The molecular weight excluding hydrogens is 255 g/mol. The lowest BCUT2D eigenvalue weighted by Crippen LogP contribution is -2.00. The molecule has 0 radical (unpaired) electrons. The van der Waals surface area contributed by atoms with Crippen LogP contribution in [0.25, 0.3) is 11.0 Å². The van der Waals surface area contributed by atoms with Gasteiger partial charge in [-0.2, -0.15) is 0 Å². The van der Waals surface area contributed by atoms with Gasteiger partial charge in [0.15, 0.2) is 0 Å². The lowest BCUT2D eigenvalue weighted by molar-refractivity contribution is 0.152. The second-order valence-electron chi connectivity index (χ2n) is 5.04. The summed E-state index contributed by atoms with van der Waals surface area (Å²) in [4.78, 5) is 0. The second kappa shape index (κ2) is 5.10. The number of aryl methyl sites for hydroxylation is 1. The third-order valence-electron chi connectivity index (χ3n) is 3.36. The molecule has 1 heterocycles. The van der Waals surface area contributed by atoms with Gasteiger partial charge in [-0.25, -0.2) is 4.39 Å². The third-order valence-corrected chi connectivity index (χ3v) is 3.36. The van der Waals surface area contributed by atoms with Crippen LogP contribution in [0.15, 0.2) is 52.9 Å².